The van der Waals surface area contributed by atoms with E-state index in [0.717, 1.165) is 18.4 Å². The molecule has 1 aliphatic carbocycles. The molecule has 0 saturated heterocycles. The summed E-state index contributed by atoms with van der Waals surface area (Å²) in [6.07, 6.45) is 3.12. The molecule has 3 heteroatoms. The Labute approximate surface area is 87.6 Å². The highest BCUT2D eigenvalue weighted by atomic mass is 32.1. The van der Waals surface area contributed by atoms with Crippen molar-refractivity contribution in [2.75, 3.05) is 0 Å². The van der Waals surface area contributed by atoms with Crippen LogP contribution in [-0.2, 0) is 12.8 Å². The molecule has 1 aromatic heterocycles. The van der Waals surface area contributed by atoms with E-state index in [2.05, 4.69) is 13.8 Å². The van der Waals surface area contributed by atoms with E-state index < -0.39 is 5.97 Å². The van der Waals surface area contributed by atoms with Gasteiger partial charge in [0.2, 0.25) is 0 Å². The molecule has 0 amide bonds. The molecule has 0 aliphatic heterocycles. The Bertz CT molecular complexity index is 377. The van der Waals surface area contributed by atoms with Gasteiger partial charge in [-0.05, 0) is 30.2 Å². The van der Waals surface area contributed by atoms with Crippen molar-refractivity contribution in [2.24, 2.45) is 5.41 Å². The summed E-state index contributed by atoms with van der Waals surface area (Å²) >= 11 is 1.60. The van der Waals surface area contributed by atoms with Gasteiger partial charge in [0.15, 0.2) is 0 Å². The molecule has 0 radical (unpaired) electrons. The van der Waals surface area contributed by atoms with Gasteiger partial charge >= 0.3 is 5.97 Å². The van der Waals surface area contributed by atoms with Crippen molar-refractivity contribution in [3.8, 4) is 0 Å². The third-order valence-electron chi connectivity index (χ3n) is 2.90. The Kier molecular flexibility index (Phi) is 2.14. The van der Waals surface area contributed by atoms with Gasteiger partial charge in [-0.2, -0.15) is 0 Å². The van der Waals surface area contributed by atoms with E-state index in [1.807, 2.05) is 0 Å². The number of carboxylic acid groups (broad SMARTS) is 1. The second kappa shape index (κ2) is 3.09. The maximum Gasteiger partial charge on any atom is 0.336 e. The number of aromatic carboxylic acids is 1. The zero-order valence-corrected chi connectivity index (χ0v) is 9.28. The molecule has 1 aliphatic rings. The Balaban J connectivity index is 2.42. The van der Waals surface area contributed by atoms with Crippen LogP contribution >= 0.6 is 11.3 Å². The number of hydrogen-bond donors (Lipinski definition) is 1. The van der Waals surface area contributed by atoms with E-state index in [1.165, 1.54) is 11.3 Å². The molecule has 0 bridgehead atoms. The quantitative estimate of drug-likeness (QED) is 0.773. The summed E-state index contributed by atoms with van der Waals surface area (Å²) in [5.41, 5.74) is 1.87. The lowest BCUT2D eigenvalue weighted by molar-refractivity contribution is 0.0695. The van der Waals surface area contributed by atoms with Crippen LogP contribution in [-0.4, -0.2) is 11.1 Å². The van der Waals surface area contributed by atoms with Crippen LogP contribution in [0.25, 0.3) is 0 Å². The zero-order chi connectivity index (χ0) is 10.3. The van der Waals surface area contributed by atoms with E-state index in [4.69, 9.17) is 5.11 Å². The fourth-order valence-electron chi connectivity index (χ4n) is 2.02. The van der Waals surface area contributed by atoms with Gasteiger partial charge < -0.3 is 5.11 Å². The fraction of sp³-hybridized carbons (Fsp3) is 0.545. The summed E-state index contributed by atoms with van der Waals surface area (Å²) in [4.78, 5) is 12.2. The van der Waals surface area contributed by atoms with Crippen LogP contribution < -0.4 is 0 Å². The molecule has 1 heterocycles. The number of thiophene rings is 1. The van der Waals surface area contributed by atoms with E-state index in [0.29, 0.717) is 5.56 Å². The summed E-state index contributed by atoms with van der Waals surface area (Å²) in [6.45, 7) is 4.42. The van der Waals surface area contributed by atoms with Crippen LogP contribution in [0.4, 0.5) is 0 Å². The second-order valence-electron chi connectivity index (χ2n) is 4.70. The average molecular weight is 210 g/mol. The van der Waals surface area contributed by atoms with Gasteiger partial charge in [-0.3, -0.25) is 0 Å². The lowest BCUT2D eigenvalue weighted by Crippen LogP contribution is -2.22. The molecule has 76 valence electrons. The molecule has 1 aromatic rings. The van der Waals surface area contributed by atoms with Crippen molar-refractivity contribution >= 4 is 17.3 Å². The Morgan fingerprint density at radius 1 is 1.57 bits per heavy atom. The highest BCUT2D eigenvalue weighted by Gasteiger charge is 2.29. The third kappa shape index (κ3) is 1.57. The molecule has 0 unspecified atom stereocenters. The minimum absolute atomic E-state index is 0.262. The topological polar surface area (TPSA) is 37.3 Å². The van der Waals surface area contributed by atoms with Crippen LogP contribution in [0, 0.1) is 5.41 Å². The average Bonchev–Trinajstić information content (AvgIpc) is 2.44. The highest BCUT2D eigenvalue weighted by molar-refractivity contribution is 7.10. The van der Waals surface area contributed by atoms with Gasteiger partial charge in [0.25, 0.3) is 0 Å². The lowest BCUT2D eigenvalue weighted by atomic mass is 9.76. The number of hydrogen-bond acceptors (Lipinski definition) is 2. The van der Waals surface area contributed by atoms with Crippen molar-refractivity contribution in [3.63, 3.8) is 0 Å². The lowest BCUT2D eigenvalue weighted by Gasteiger charge is -2.29. The molecular weight excluding hydrogens is 196 g/mol. The van der Waals surface area contributed by atoms with Crippen molar-refractivity contribution in [1.82, 2.24) is 0 Å². The van der Waals surface area contributed by atoms with Crippen LogP contribution in [0.3, 0.4) is 0 Å². The number of fused-ring (bicyclic) bond motifs is 1. The number of aryl methyl sites for hydroxylation is 1. The van der Waals surface area contributed by atoms with Crippen LogP contribution in [0.15, 0.2) is 5.38 Å². The summed E-state index contributed by atoms with van der Waals surface area (Å²) in [5.74, 6) is -0.778. The predicted octanol–water partition coefficient (Wildman–Crippen LogP) is 2.96. The normalized spacial score (nSPS) is 19.0. The number of carbonyl (C=O) groups is 1. The fourth-order valence-corrected chi connectivity index (χ4v) is 3.07. The van der Waals surface area contributed by atoms with Crippen molar-refractivity contribution in [1.29, 1.82) is 0 Å². The van der Waals surface area contributed by atoms with Gasteiger partial charge in [0.1, 0.15) is 0 Å². The molecular formula is C11H14O2S. The molecule has 0 saturated carbocycles. The zero-order valence-electron chi connectivity index (χ0n) is 8.46. The summed E-state index contributed by atoms with van der Waals surface area (Å²) < 4.78 is 0. The first kappa shape index (κ1) is 9.71. The number of rotatable bonds is 1. The standard InChI is InChI=1S/C11H14O2S/c1-11(2)4-3-9-7(5-11)8(6-14-9)10(12)13/h6H,3-5H2,1-2H3,(H,12,13). The van der Waals surface area contributed by atoms with E-state index in [-0.39, 0.29) is 5.41 Å². The van der Waals surface area contributed by atoms with Crippen LogP contribution in [0.1, 0.15) is 41.1 Å². The first-order valence-electron chi connectivity index (χ1n) is 4.82. The van der Waals surface area contributed by atoms with Crippen LogP contribution in [0.2, 0.25) is 0 Å². The first-order chi connectivity index (χ1) is 6.49. The Morgan fingerprint density at radius 3 is 2.93 bits per heavy atom. The summed E-state index contributed by atoms with van der Waals surface area (Å²) in [6, 6.07) is 0. The van der Waals surface area contributed by atoms with E-state index in [1.54, 1.807) is 16.7 Å². The summed E-state index contributed by atoms with van der Waals surface area (Å²) in [5, 5.41) is 10.8. The maximum absolute atomic E-state index is 11.0. The van der Waals surface area contributed by atoms with Crippen LogP contribution in [0.5, 0.6) is 0 Å². The number of carboxylic acids is 1. The molecule has 0 aromatic carbocycles. The highest BCUT2D eigenvalue weighted by Crippen LogP contribution is 2.39. The van der Waals surface area contributed by atoms with E-state index in [9.17, 15) is 4.79 Å². The van der Waals surface area contributed by atoms with Gasteiger partial charge in [-0.25, -0.2) is 4.79 Å². The molecule has 0 atom stereocenters. The third-order valence-corrected chi connectivity index (χ3v) is 3.98. The molecule has 2 nitrogen and oxygen atoms in total. The smallest absolute Gasteiger partial charge is 0.336 e. The molecule has 1 N–H and O–H groups in total. The summed E-state index contributed by atoms with van der Waals surface area (Å²) in [7, 11) is 0. The SMILES string of the molecule is CC1(C)CCc2scc(C(=O)O)c2C1. The molecule has 0 spiro atoms. The predicted molar refractivity (Wildman–Crippen MR) is 57.1 cm³/mol. The van der Waals surface area contributed by atoms with Crippen molar-refractivity contribution in [3.05, 3.63) is 21.4 Å². The largest absolute Gasteiger partial charge is 0.478 e. The minimum Gasteiger partial charge on any atom is -0.478 e. The Hall–Kier alpha value is -0.830. The van der Waals surface area contributed by atoms with Gasteiger partial charge in [-0.1, -0.05) is 13.8 Å². The van der Waals surface area contributed by atoms with Crippen molar-refractivity contribution in [2.45, 2.75) is 33.1 Å². The second-order valence-corrected chi connectivity index (χ2v) is 5.66. The molecule has 14 heavy (non-hydrogen) atoms. The van der Waals surface area contributed by atoms with Crippen molar-refractivity contribution < 1.29 is 9.90 Å². The van der Waals surface area contributed by atoms with Gasteiger partial charge in [-0.15, -0.1) is 11.3 Å². The van der Waals surface area contributed by atoms with E-state index >= 15 is 0 Å². The van der Waals surface area contributed by atoms with Gasteiger partial charge in [0, 0.05) is 10.3 Å². The Morgan fingerprint density at radius 2 is 2.29 bits per heavy atom. The maximum atomic E-state index is 11.0. The van der Waals surface area contributed by atoms with Gasteiger partial charge in [0.05, 0.1) is 5.56 Å². The molecule has 2 rings (SSSR count). The monoisotopic (exact) mass is 210 g/mol. The first-order valence-corrected chi connectivity index (χ1v) is 5.70. The molecule has 0 fully saturated rings. The minimum atomic E-state index is -0.778.